The van der Waals surface area contributed by atoms with Crippen molar-refractivity contribution in [1.29, 1.82) is 0 Å². The molecule has 1 aliphatic heterocycles. The Bertz CT molecular complexity index is 169. The van der Waals surface area contributed by atoms with E-state index in [2.05, 4.69) is 5.32 Å². The molecule has 3 N–H and O–H groups in total. The van der Waals surface area contributed by atoms with Crippen molar-refractivity contribution in [2.45, 2.75) is 0 Å². The summed E-state index contributed by atoms with van der Waals surface area (Å²) >= 11 is 0. The minimum absolute atomic E-state index is 0. The fraction of sp³-hybridized carbons (Fsp3) is 0. The maximum atomic E-state index is 10.4. The molecule has 0 aromatic rings. The van der Waals surface area contributed by atoms with E-state index in [1.165, 1.54) is 4.90 Å². The zero-order valence-electron chi connectivity index (χ0n) is 5.56. The molecule has 1 heterocycles. The number of hydrogen-bond donors (Lipinski definition) is 2. The Morgan fingerprint density at radius 2 is 1.73 bits per heavy atom. The molecule has 0 bridgehead atoms. The first kappa shape index (κ1) is 12.8. The lowest BCUT2D eigenvalue weighted by Crippen LogP contribution is -2.28. The van der Waals surface area contributed by atoms with Gasteiger partial charge in [-0.3, -0.25) is 4.90 Å². The molecule has 0 radical (unpaired) electrons. The molecule has 0 spiro atoms. The summed E-state index contributed by atoms with van der Waals surface area (Å²) < 4.78 is 0. The van der Waals surface area contributed by atoms with Crippen molar-refractivity contribution in [3.63, 3.8) is 0 Å². The summed E-state index contributed by atoms with van der Waals surface area (Å²) in [4.78, 5) is 11.6. The molecule has 0 atom stereocenters. The molecule has 2 amide bonds. The van der Waals surface area contributed by atoms with Crippen LogP contribution in [-0.2, 0) is 0 Å². The second-order valence-corrected chi connectivity index (χ2v) is 1.54. The summed E-state index contributed by atoms with van der Waals surface area (Å²) in [5.41, 5.74) is 4.92. The van der Waals surface area contributed by atoms with Crippen LogP contribution < -0.4 is 11.1 Å². The lowest BCUT2D eigenvalue weighted by molar-refractivity contribution is 0.235. The van der Waals surface area contributed by atoms with Gasteiger partial charge in [-0.2, -0.15) is 0 Å². The molecule has 1 rings (SSSR count). The lowest BCUT2D eigenvalue weighted by atomic mass is 10.6. The number of nitrogens with zero attached hydrogens (tertiary/aromatic N) is 1. The van der Waals surface area contributed by atoms with E-state index in [4.69, 9.17) is 5.73 Å². The minimum atomic E-state index is -0.482. The van der Waals surface area contributed by atoms with Gasteiger partial charge in [0.2, 0.25) is 0 Å². The highest BCUT2D eigenvalue weighted by Gasteiger charge is 2.01. The van der Waals surface area contributed by atoms with Crippen molar-refractivity contribution in [1.82, 2.24) is 10.2 Å². The molecule has 0 aliphatic carbocycles. The molecule has 0 aromatic carbocycles. The van der Waals surface area contributed by atoms with Crippen LogP contribution >= 0.6 is 24.8 Å². The van der Waals surface area contributed by atoms with Crippen molar-refractivity contribution in [2.75, 3.05) is 0 Å². The average molecular weight is 198 g/mol. The van der Waals surface area contributed by atoms with Crippen LogP contribution in [0.2, 0.25) is 0 Å². The van der Waals surface area contributed by atoms with Crippen LogP contribution in [0.15, 0.2) is 24.8 Å². The van der Waals surface area contributed by atoms with Gasteiger partial charge >= 0.3 is 6.03 Å². The van der Waals surface area contributed by atoms with Gasteiger partial charge in [-0.15, -0.1) is 24.8 Å². The van der Waals surface area contributed by atoms with Gasteiger partial charge < -0.3 is 11.1 Å². The molecule has 0 aromatic heterocycles. The maximum Gasteiger partial charge on any atom is 0.322 e. The van der Waals surface area contributed by atoms with Gasteiger partial charge in [0, 0.05) is 24.8 Å². The zero-order valence-corrected chi connectivity index (χ0v) is 7.19. The second kappa shape index (κ2) is 5.88. The van der Waals surface area contributed by atoms with Crippen LogP contribution in [0.1, 0.15) is 0 Å². The number of carbonyl (C=O) groups is 1. The molecule has 0 saturated carbocycles. The van der Waals surface area contributed by atoms with Crippen molar-refractivity contribution >= 4 is 30.8 Å². The van der Waals surface area contributed by atoms with Crippen LogP contribution in [0.4, 0.5) is 4.79 Å². The van der Waals surface area contributed by atoms with Gasteiger partial charge in [0.15, 0.2) is 0 Å². The maximum absolute atomic E-state index is 10.4. The van der Waals surface area contributed by atoms with Gasteiger partial charge in [0.25, 0.3) is 0 Å². The third-order valence-electron chi connectivity index (χ3n) is 0.917. The van der Waals surface area contributed by atoms with Crippen molar-refractivity contribution in [3.05, 3.63) is 24.8 Å². The summed E-state index contributed by atoms with van der Waals surface area (Å²) in [5.74, 6) is 0. The molecule has 6 heteroatoms. The third kappa shape index (κ3) is 3.75. The molecule has 0 saturated heterocycles. The first-order valence-corrected chi connectivity index (χ1v) is 2.48. The predicted molar refractivity (Wildman–Crippen MR) is 47.3 cm³/mol. The third-order valence-corrected chi connectivity index (χ3v) is 0.917. The van der Waals surface area contributed by atoms with Crippen LogP contribution in [-0.4, -0.2) is 10.9 Å². The summed E-state index contributed by atoms with van der Waals surface area (Å²) in [6.45, 7) is 0. The summed E-state index contributed by atoms with van der Waals surface area (Å²) in [6.07, 6.45) is 6.32. The van der Waals surface area contributed by atoms with Gasteiger partial charge in [-0.05, 0) is 0 Å². The van der Waals surface area contributed by atoms with Gasteiger partial charge in [-0.1, -0.05) is 0 Å². The first-order chi connectivity index (χ1) is 4.30. The second-order valence-electron chi connectivity index (χ2n) is 1.54. The van der Waals surface area contributed by atoms with E-state index < -0.39 is 6.03 Å². The van der Waals surface area contributed by atoms with Crippen LogP contribution in [0, 0.1) is 0 Å². The molecule has 64 valence electrons. The number of urea groups is 1. The van der Waals surface area contributed by atoms with Gasteiger partial charge in [0.1, 0.15) is 0 Å². The van der Waals surface area contributed by atoms with Crippen molar-refractivity contribution in [3.8, 4) is 0 Å². The Labute approximate surface area is 76.9 Å². The highest BCUT2D eigenvalue weighted by Crippen LogP contribution is 1.93. The van der Waals surface area contributed by atoms with E-state index in [0.29, 0.717) is 0 Å². The monoisotopic (exact) mass is 197 g/mol. The van der Waals surface area contributed by atoms with Gasteiger partial charge in [0.05, 0.1) is 0 Å². The van der Waals surface area contributed by atoms with E-state index in [-0.39, 0.29) is 24.8 Å². The fourth-order valence-corrected chi connectivity index (χ4v) is 0.499. The topological polar surface area (TPSA) is 58.4 Å². The molecule has 1 aliphatic rings. The van der Waals surface area contributed by atoms with E-state index in [9.17, 15) is 4.79 Å². The number of nitrogens with two attached hydrogens (primary N) is 1. The Kier molecular flexibility index (Phi) is 6.83. The molecular formula is C5H9Cl2N3O. The predicted octanol–water partition coefficient (Wildman–Crippen LogP) is 0.756. The number of nitrogens with one attached hydrogen (secondary N) is 1. The number of amides is 2. The van der Waals surface area contributed by atoms with Crippen LogP contribution in [0.3, 0.4) is 0 Å². The number of carbonyl (C=O) groups excluding carboxylic acids is 1. The zero-order chi connectivity index (χ0) is 6.69. The number of primary amides is 1. The number of halogens is 2. The summed E-state index contributed by atoms with van der Waals surface area (Å²) in [5, 5.41) is 2.76. The SMILES string of the molecule is Cl.Cl.NC(=O)N1C=CNC=C1. The Morgan fingerprint density at radius 1 is 1.27 bits per heavy atom. The lowest BCUT2D eigenvalue weighted by Gasteiger charge is -2.11. The van der Waals surface area contributed by atoms with Crippen LogP contribution in [0.25, 0.3) is 0 Å². The number of hydrogen-bond acceptors (Lipinski definition) is 2. The Hall–Kier alpha value is -0.870. The largest absolute Gasteiger partial charge is 0.365 e. The average Bonchev–Trinajstić information content (AvgIpc) is 1.90. The van der Waals surface area contributed by atoms with Crippen LogP contribution in [0.5, 0.6) is 0 Å². The minimum Gasteiger partial charge on any atom is -0.365 e. The molecule has 0 unspecified atom stereocenters. The quantitative estimate of drug-likeness (QED) is 0.603. The Balaban J connectivity index is 0. The number of rotatable bonds is 0. The smallest absolute Gasteiger partial charge is 0.322 e. The van der Waals surface area contributed by atoms with E-state index in [0.717, 1.165) is 0 Å². The summed E-state index contributed by atoms with van der Waals surface area (Å²) in [7, 11) is 0. The highest BCUT2D eigenvalue weighted by molar-refractivity contribution is 5.85. The van der Waals surface area contributed by atoms with Gasteiger partial charge in [-0.25, -0.2) is 4.79 Å². The highest BCUT2D eigenvalue weighted by atomic mass is 35.5. The molecule has 0 fully saturated rings. The van der Waals surface area contributed by atoms with E-state index in [1.807, 2.05) is 0 Å². The normalized spacial score (nSPS) is 12.5. The first-order valence-electron chi connectivity index (χ1n) is 2.48. The van der Waals surface area contributed by atoms with E-state index in [1.54, 1.807) is 24.8 Å². The summed E-state index contributed by atoms with van der Waals surface area (Å²) in [6, 6.07) is -0.482. The van der Waals surface area contributed by atoms with E-state index >= 15 is 0 Å². The van der Waals surface area contributed by atoms with Crippen molar-refractivity contribution in [2.24, 2.45) is 5.73 Å². The fourth-order valence-electron chi connectivity index (χ4n) is 0.499. The standard InChI is InChI=1S/C5H7N3O.2ClH/c6-5(9)8-3-1-7-2-4-8;;/h1-4,7H,(H2,6,9);2*1H. The van der Waals surface area contributed by atoms with Crippen molar-refractivity contribution < 1.29 is 4.79 Å². The molecule has 4 nitrogen and oxygen atoms in total. The molecular weight excluding hydrogens is 189 g/mol. The molecule has 11 heavy (non-hydrogen) atoms. The Morgan fingerprint density at radius 3 is 2.00 bits per heavy atom.